The SMILES string of the molecule is O=C1C(NS(=O)(=O)c2ccc(Cl)s2)CCCN1c1ccc(-n2ccccc2=O)cc1. The maximum absolute atomic E-state index is 13.0. The quantitative estimate of drug-likeness (QED) is 0.630. The molecule has 1 fully saturated rings. The van der Waals surface area contributed by atoms with Crippen molar-refractivity contribution in [3.8, 4) is 5.69 Å². The van der Waals surface area contributed by atoms with Gasteiger partial charge in [-0.25, -0.2) is 8.42 Å². The maximum atomic E-state index is 13.0. The summed E-state index contributed by atoms with van der Waals surface area (Å²) in [6, 6.07) is 14.0. The molecule has 0 bridgehead atoms. The molecule has 2 aromatic heterocycles. The molecule has 1 aliphatic rings. The van der Waals surface area contributed by atoms with Gasteiger partial charge in [0, 0.05) is 30.2 Å². The molecule has 7 nitrogen and oxygen atoms in total. The van der Waals surface area contributed by atoms with E-state index in [-0.39, 0.29) is 15.7 Å². The van der Waals surface area contributed by atoms with Crippen molar-refractivity contribution in [2.45, 2.75) is 23.1 Å². The minimum atomic E-state index is -3.83. The Bertz CT molecular complexity index is 1240. The molecule has 0 aliphatic carbocycles. The molecule has 0 spiro atoms. The van der Waals surface area contributed by atoms with Crippen LogP contribution in [0, 0.1) is 0 Å². The summed E-state index contributed by atoms with van der Waals surface area (Å²) < 4.78 is 29.6. The summed E-state index contributed by atoms with van der Waals surface area (Å²) in [5.74, 6) is -0.308. The molecule has 1 unspecified atom stereocenters. The number of hydrogen-bond donors (Lipinski definition) is 1. The number of nitrogens with one attached hydrogen (secondary N) is 1. The Hall–Kier alpha value is -2.46. The molecule has 3 heterocycles. The molecule has 1 atom stereocenters. The number of rotatable bonds is 5. The van der Waals surface area contributed by atoms with E-state index < -0.39 is 16.1 Å². The van der Waals surface area contributed by atoms with E-state index in [2.05, 4.69) is 4.72 Å². The molecule has 4 rings (SSSR count). The van der Waals surface area contributed by atoms with Crippen LogP contribution in [0.1, 0.15) is 12.8 Å². The second kappa shape index (κ2) is 8.35. The predicted octanol–water partition coefficient (Wildman–Crippen LogP) is 3.03. The number of hydrogen-bond acceptors (Lipinski definition) is 5. The molecule has 156 valence electrons. The molecule has 0 saturated carbocycles. The van der Waals surface area contributed by atoms with Gasteiger partial charge in [0.2, 0.25) is 5.91 Å². The Morgan fingerprint density at radius 1 is 1.00 bits per heavy atom. The van der Waals surface area contributed by atoms with Crippen molar-refractivity contribution >= 4 is 44.6 Å². The van der Waals surface area contributed by atoms with Crippen LogP contribution in [0.5, 0.6) is 0 Å². The fourth-order valence-electron chi connectivity index (χ4n) is 3.36. The highest BCUT2D eigenvalue weighted by atomic mass is 35.5. The largest absolute Gasteiger partial charge is 0.311 e. The zero-order valence-corrected chi connectivity index (χ0v) is 18.1. The van der Waals surface area contributed by atoms with E-state index >= 15 is 0 Å². The van der Waals surface area contributed by atoms with Gasteiger partial charge in [-0.3, -0.25) is 14.2 Å². The van der Waals surface area contributed by atoms with Gasteiger partial charge < -0.3 is 4.90 Å². The molecule has 10 heteroatoms. The number of pyridine rings is 1. The van der Waals surface area contributed by atoms with Crippen LogP contribution < -0.4 is 15.2 Å². The highest BCUT2D eigenvalue weighted by Gasteiger charge is 2.33. The lowest BCUT2D eigenvalue weighted by atomic mass is 10.0. The summed E-state index contributed by atoms with van der Waals surface area (Å²) in [4.78, 5) is 26.5. The lowest BCUT2D eigenvalue weighted by Crippen LogP contribution is -2.52. The van der Waals surface area contributed by atoms with Crippen LogP contribution in [0.3, 0.4) is 0 Å². The minimum absolute atomic E-state index is 0.0788. The zero-order valence-electron chi connectivity index (χ0n) is 15.7. The van der Waals surface area contributed by atoms with Gasteiger partial charge in [-0.05, 0) is 55.3 Å². The number of carbonyl (C=O) groups excluding carboxylic acids is 1. The molecule has 30 heavy (non-hydrogen) atoms. The highest BCUT2D eigenvalue weighted by molar-refractivity contribution is 7.91. The van der Waals surface area contributed by atoms with Gasteiger partial charge in [-0.15, -0.1) is 11.3 Å². The van der Waals surface area contributed by atoms with Crippen LogP contribution in [-0.2, 0) is 14.8 Å². The summed E-state index contributed by atoms with van der Waals surface area (Å²) in [5.41, 5.74) is 1.18. The second-order valence-electron chi connectivity index (χ2n) is 6.79. The first-order valence-electron chi connectivity index (χ1n) is 9.22. The van der Waals surface area contributed by atoms with Gasteiger partial charge in [0.15, 0.2) is 0 Å². The average molecular weight is 464 g/mol. The predicted molar refractivity (Wildman–Crippen MR) is 117 cm³/mol. The van der Waals surface area contributed by atoms with Crippen LogP contribution in [0.25, 0.3) is 5.69 Å². The molecule has 1 amide bonds. The summed E-state index contributed by atoms with van der Waals surface area (Å²) >= 11 is 6.78. The van der Waals surface area contributed by atoms with Gasteiger partial charge in [0.1, 0.15) is 10.3 Å². The van der Waals surface area contributed by atoms with E-state index in [1.54, 1.807) is 47.5 Å². The fourth-order valence-corrected chi connectivity index (χ4v) is 6.09. The third-order valence-electron chi connectivity index (χ3n) is 4.81. The number of thiophene rings is 1. The van der Waals surface area contributed by atoms with Crippen LogP contribution >= 0.6 is 22.9 Å². The highest BCUT2D eigenvalue weighted by Crippen LogP contribution is 2.27. The third kappa shape index (κ3) is 4.20. The summed E-state index contributed by atoms with van der Waals surface area (Å²) in [5, 5.41) is 0. The molecule has 1 saturated heterocycles. The van der Waals surface area contributed by atoms with Crippen LogP contribution in [0.4, 0.5) is 5.69 Å². The van der Waals surface area contributed by atoms with Crippen molar-refractivity contribution in [3.05, 3.63) is 75.5 Å². The van der Waals surface area contributed by atoms with Gasteiger partial charge in [-0.2, -0.15) is 4.72 Å². The van der Waals surface area contributed by atoms with E-state index in [4.69, 9.17) is 11.6 Å². The van der Waals surface area contributed by atoms with Crippen molar-refractivity contribution in [3.63, 3.8) is 0 Å². The van der Waals surface area contributed by atoms with Gasteiger partial charge >= 0.3 is 0 Å². The molecular formula is C20H18ClN3O4S2. The number of halogens is 1. The molecular weight excluding hydrogens is 446 g/mol. The smallest absolute Gasteiger partial charge is 0.255 e. The summed E-state index contributed by atoms with van der Waals surface area (Å²) in [6.45, 7) is 0.493. The Morgan fingerprint density at radius 2 is 1.73 bits per heavy atom. The van der Waals surface area contributed by atoms with Crippen LogP contribution in [0.15, 0.2) is 69.8 Å². The first-order valence-corrected chi connectivity index (χ1v) is 11.9. The zero-order chi connectivity index (χ0) is 21.3. The first-order chi connectivity index (χ1) is 14.3. The number of piperidine rings is 1. The van der Waals surface area contributed by atoms with Crippen LogP contribution in [0.2, 0.25) is 4.34 Å². The molecule has 1 aliphatic heterocycles. The number of aromatic nitrogens is 1. The normalized spacial score (nSPS) is 17.3. The lowest BCUT2D eigenvalue weighted by molar-refractivity contribution is -0.121. The van der Waals surface area contributed by atoms with E-state index in [1.165, 1.54) is 22.8 Å². The van der Waals surface area contributed by atoms with E-state index in [9.17, 15) is 18.0 Å². The second-order valence-corrected chi connectivity index (χ2v) is 10.4. The number of amides is 1. The number of carbonyl (C=O) groups is 1. The Kier molecular flexibility index (Phi) is 5.79. The molecule has 1 aromatic carbocycles. The standard InChI is InChI=1S/C20H18ClN3O4S2/c21-17-10-11-19(29-17)30(27,28)22-16-4-3-13-24(20(16)26)15-8-6-14(7-9-15)23-12-2-1-5-18(23)25/h1-2,5-12,16,22H,3-4,13H2. The Balaban J connectivity index is 1.53. The number of nitrogens with zero attached hydrogens (tertiary/aromatic N) is 2. The summed E-state index contributed by atoms with van der Waals surface area (Å²) in [7, 11) is -3.83. The molecule has 0 radical (unpaired) electrons. The van der Waals surface area contributed by atoms with Crippen molar-refractivity contribution in [2.24, 2.45) is 0 Å². The van der Waals surface area contributed by atoms with Crippen molar-refractivity contribution < 1.29 is 13.2 Å². The fraction of sp³-hybridized carbons (Fsp3) is 0.200. The Morgan fingerprint density at radius 3 is 2.40 bits per heavy atom. The topological polar surface area (TPSA) is 88.5 Å². The monoisotopic (exact) mass is 463 g/mol. The van der Waals surface area contributed by atoms with Gasteiger partial charge in [0.25, 0.3) is 15.6 Å². The average Bonchev–Trinajstić information content (AvgIpc) is 3.18. The Labute approximate surface area is 182 Å². The lowest BCUT2D eigenvalue weighted by Gasteiger charge is -2.32. The van der Waals surface area contributed by atoms with E-state index in [0.29, 0.717) is 35.1 Å². The maximum Gasteiger partial charge on any atom is 0.255 e. The molecule has 1 N–H and O–H groups in total. The number of anilines is 1. The number of sulfonamides is 1. The van der Waals surface area contributed by atoms with Gasteiger partial charge in [0.05, 0.1) is 4.34 Å². The van der Waals surface area contributed by atoms with Crippen molar-refractivity contribution in [1.29, 1.82) is 0 Å². The van der Waals surface area contributed by atoms with E-state index in [0.717, 1.165) is 11.3 Å². The van der Waals surface area contributed by atoms with Crippen molar-refractivity contribution in [2.75, 3.05) is 11.4 Å². The first kappa shape index (κ1) is 20.8. The van der Waals surface area contributed by atoms with E-state index in [1.807, 2.05) is 0 Å². The van der Waals surface area contributed by atoms with Crippen molar-refractivity contribution in [1.82, 2.24) is 9.29 Å². The number of benzene rings is 1. The van der Waals surface area contributed by atoms with Gasteiger partial charge in [-0.1, -0.05) is 17.7 Å². The third-order valence-corrected chi connectivity index (χ3v) is 8.01. The minimum Gasteiger partial charge on any atom is -0.311 e. The molecule has 3 aromatic rings. The van der Waals surface area contributed by atoms with Crippen LogP contribution in [-0.4, -0.2) is 31.5 Å². The summed E-state index contributed by atoms with van der Waals surface area (Å²) in [6.07, 6.45) is 2.75.